The van der Waals surface area contributed by atoms with Crippen LogP contribution in [0.25, 0.3) is 43.1 Å². The summed E-state index contributed by atoms with van der Waals surface area (Å²) < 4.78 is 0. The van der Waals surface area contributed by atoms with Crippen molar-refractivity contribution in [3.8, 4) is 0 Å². The number of carbonyl (C=O) groups is 4. The number of benzene rings is 8. The number of aromatic nitrogens is 6. The number of hydrogen-bond acceptors (Lipinski definition) is 10. The first-order chi connectivity index (χ1) is 29.9. The maximum absolute atomic E-state index is 14.4. The number of ketones is 4. The minimum Gasteiger partial charge on any atom is -0.285 e. The van der Waals surface area contributed by atoms with Crippen molar-refractivity contribution >= 4 is 66.2 Å². The molecule has 0 radical (unpaired) electrons. The van der Waals surface area contributed by atoms with E-state index in [9.17, 15) is 19.2 Å². The van der Waals surface area contributed by atoms with Gasteiger partial charge >= 0.3 is 0 Å². The van der Waals surface area contributed by atoms with Gasteiger partial charge in [-0.3, -0.25) is 19.2 Å². The van der Waals surface area contributed by atoms with Crippen LogP contribution in [0.5, 0.6) is 0 Å². The molecule has 0 saturated carbocycles. The van der Waals surface area contributed by atoms with E-state index in [0.717, 1.165) is 21.5 Å². The van der Waals surface area contributed by atoms with E-state index >= 15 is 0 Å². The second kappa shape index (κ2) is 15.3. The van der Waals surface area contributed by atoms with Crippen LogP contribution in [0.1, 0.15) is 76.4 Å². The number of carbonyl (C=O) groups excluding carboxylic acids is 4. The van der Waals surface area contributed by atoms with Crippen LogP contribution in [-0.2, 0) is 6.42 Å². The van der Waals surface area contributed by atoms with Crippen molar-refractivity contribution in [2.45, 2.75) is 6.42 Å². The van der Waals surface area contributed by atoms with Crippen LogP contribution in [0.2, 0.25) is 0 Å². The van der Waals surface area contributed by atoms with Gasteiger partial charge in [0.2, 0.25) is 46.4 Å². The van der Waals surface area contributed by atoms with Gasteiger partial charge < -0.3 is 0 Å². The standard InChI is InChI=1S/C51H30N6O4/c58-44(38-25-9-17-30-13-1-5-21-34(30)38)48-52-42(53-49(56-48)45(59)39-26-10-18-31-14-2-6-22-35(31)39)29-43-54-50(46(60)40-27-11-19-32-15-3-7-23-36(32)40)57-51(55-43)47(61)41-28-12-20-33-16-4-8-24-37(33)41/h1-28H,29H2. The quantitative estimate of drug-likeness (QED) is 0.123. The van der Waals surface area contributed by atoms with E-state index in [0.29, 0.717) is 43.8 Å². The van der Waals surface area contributed by atoms with Crippen molar-refractivity contribution in [2.75, 3.05) is 0 Å². The predicted molar refractivity (Wildman–Crippen MR) is 232 cm³/mol. The molecule has 0 aliphatic carbocycles. The first-order valence-corrected chi connectivity index (χ1v) is 19.5. The first kappa shape index (κ1) is 36.8. The molecule has 2 heterocycles. The van der Waals surface area contributed by atoms with Crippen LogP contribution in [0.15, 0.2) is 170 Å². The van der Waals surface area contributed by atoms with Gasteiger partial charge in [-0.25, -0.2) is 29.9 Å². The van der Waals surface area contributed by atoms with E-state index in [1.54, 1.807) is 48.5 Å². The Bertz CT molecular complexity index is 2990. The summed E-state index contributed by atoms with van der Waals surface area (Å²) in [5, 5.41) is 6.10. The highest BCUT2D eigenvalue weighted by Crippen LogP contribution is 2.26. The molecule has 10 aromatic rings. The van der Waals surface area contributed by atoms with E-state index in [4.69, 9.17) is 0 Å². The van der Waals surface area contributed by atoms with E-state index in [2.05, 4.69) is 29.9 Å². The van der Waals surface area contributed by atoms with E-state index in [-0.39, 0.29) is 41.4 Å². The molecule has 0 spiro atoms. The van der Waals surface area contributed by atoms with Gasteiger partial charge in [-0.1, -0.05) is 170 Å². The van der Waals surface area contributed by atoms with Crippen LogP contribution < -0.4 is 0 Å². The van der Waals surface area contributed by atoms with Crippen LogP contribution in [0.4, 0.5) is 0 Å². The van der Waals surface area contributed by atoms with Gasteiger partial charge in [0.05, 0.1) is 6.42 Å². The van der Waals surface area contributed by atoms with Gasteiger partial charge in [-0.05, 0) is 43.1 Å². The molecule has 10 heteroatoms. The lowest BCUT2D eigenvalue weighted by Crippen LogP contribution is -2.20. The lowest BCUT2D eigenvalue weighted by molar-refractivity contribution is 0.101. The van der Waals surface area contributed by atoms with Crippen LogP contribution >= 0.6 is 0 Å². The highest BCUT2D eigenvalue weighted by atomic mass is 16.1. The van der Waals surface area contributed by atoms with Gasteiger partial charge in [0.1, 0.15) is 11.6 Å². The smallest absolute Gasteiger partial charge is 0.230 e. The van der Waals surface area contributed by atoms with Crippen molar-refractivity contribution in [1.29, 1.82) is 0 Å². The molecule has 2 aromatic heterocycles. The molecule has 0 aliphatic heterocycles. The molecule has 0 aliphatic rings. The highest BCUT2D eigenvalue weighted by Gasteiger charge is 2.26. The summed E-state index contributed by atoms with van der Waals surface area (Å²) >= 11 is 0. The summed E-state index contributed by atoms with van der Waals surface area (Å²) in [6.45, 7) is 0. The van der Waals surface area contributed by atoms with E-state index < -0.39 is 23.1 Å². The van der Waals surface area contributed by atoms with Gasteiger partial charge in [0.15, 0.2) is 0 Å². The number of nitrogens with zero attached hydrogens (tertiary/aromatic N) is 6. The molecular weight excluding hydrogens is 761 g/mol. The lowest BCUT2D eigenvalue weighted by atomic mass is 10.00. The minimum absolute atomic E-state index is 0.0273. The molecule has 0 bridgehead atoms. The molecule has 0 amide bonds. The van der Waals surface area contributed by atoms with E-state index in [1.807, 2.05) is 121 Å². The Morgan fingerprint density at radius 3 is 0.770 bits per heavy atom. The highest BCUT2D eigenvalue weighted by molar-refractivity contribution is 6.18. The van der Waals surface area contributed by atoms with Gasteiger partial charge in [-0.2, -0.15) is 0 Å². The van der Waals surface area contributed by atoms with Crippen molar-refractivity contribution in [1.82, 2.24) is 29.9 Å². The number of fused-ring (bicyclic) bond motifs is 4. The fraction of sp³-hybridized carbons (Fsp3) is 0.0196. The average Bonchev–Trinajstić information content (AvgIpc) is 3.32. The molecule has 10 rings (SSSR count). The van der Waals surface area contributed by atoms with Crippen LogP contribution in [-0.4, -0.2) is 53.0 Å². The summed E-state index contributed by atoms with van der Waals surface area (Å²) in [7, 11) is 0. The second-order valence-electron chi connectivity index (χ2n) is 14.4. The lowest BCUT2D eigenvalue weighted by Gasteiger charge is -2.11. The molecule has 288 valence electrons. The van der Waals surface area contributed by atoms with E-state index in [1.165, 1.54) is 0 Å². The Morgan fingerprint density at radius 1 is 0.279 bits per heavy atom. The topological polar surface area (TPSA) is 146 Å². The van der Waals surface area contributed by atoms with Crippen molar-refractivity contribution < 1.29 is 19.2 Å². The number of hydrogen-bond donors (Lipinski definition) is 0. The Labute approximate surface area is 347 Å². The largest absolute Gasteiger partial charge is 0.285 e. The summed E-state index contributed by atoms with van der Waals surface area (Å²) in [5.41, 5.74) is 1.35. The van der Waals surface area contributed by atoms with Gasteiger partial charge in [-0.15, -0.1) is 0 Å². The molecule has 0 N–H and O–H groups in total. The molecule has 0 saturated heterocycles. The third-order valence-corrected chi connectivity index (χ3v) is 10.6. The summed E-state index contributed by atoms with van der Waals surface area (Å²) in [4.78, 5) is 85.0. The SMILES string of the molecule is O=C(c1nc(Cc2nc(C(=O)c3cccc4ccccc34)nc(C(=O)c3cccc4ccccc34)n2)nc(C(=O)c2cccc3ccccc23)n1)c1cccc2ccccc12. The maximum atomic E-state index is 14.4. The minimum atomic E-state index is -0.526. The average molecular weight is 791 g/mol. The van der Waals surface area contributed by atoms with Crippen LogP contribution in [0.3, 0.4) is 0 Å². The molecular formula is C51H30N6O4. The van der Waals surface area contributed by atoms with Gasteiger partial charge in [0, 0.05) is 22.3 Å². The summed E-state index contributed by atoms with van der Waals surface area (Å²) in [6, 6.07) is 51.2. The summed E-state index contributed by atoms with van der Waals surface area (Å²) in [6.07, 6.45) is -0.289. The summed E-state index contributed by atoms with van der Waals surface area (Å²) in [5.74, 6) is -3.22. The van der Waals surface area contributed by atoms with Crippen molar-refractivity contribution in [2.24, 2.45) is 0 Å². The van der Waals surface area contributed by atoms with Crippen LogP contribution in [0, 0.1) is 0 Å². The molecule has 61 heavy (non-hydrogen) atoms. The third kappa shape index (κ3) is 6.87. The van der Waals surface area contributed by atoms with Crippen molar-refractivity contribution in [3.05, 3.63) is 227 Å². The Kier molecular flexibility index (Phi) is 9.26. The molecule has 10 nitrogen and oxygen atoms in total. The normalized spacial score (nSPS) is 11.3. The number of rotatable bonds is 10. The fourth-order valence-electron chi connectivity index (χ4n) is 7.72. The zero-order valence-electron chi connectivity index (χ0n) is 32.2. The maximum Gasteiger partial charge on any atom is 0.230 e. The predicted octanol–water partition coefficient (Wildman–Crippen LogP) is 9.18. The Balaban J connectivity index is 1.13. The van der Waals surface area contributed by atoms with Gasteiger partial charge in [0.25, 0.3) is 0 Å². The monoisotopic (exact) mass is 790 g/mol. The second-order valence-corrected chi connectivity index (χ2v) is 14.4. The molecule has 0 unspecified atom stereocenters. The first-order valence-electron chi connectivity index (χ1n) is 19.5. The van der Waals surface area contributed by atoms with Crippen molar-refractivity contribution in [3.63, 3.8) is 0 Å². The zero-order valence-corrected chi connectivity index (χ0v) is 32.2. The fourth-order valence-corrected chi connectivity index (χ4v) is 7.72. The molecule has 0 atom stereocenters. The Hall–Kier alpha value is -8.50. The molecule has 0 fully saturated rings. The molecule has 8 aromatic carbocycles. The Morgan fingerprint density at radius 2 is 0.508 bits per heavy atom. The third-order valence-electron chi connectivity index (χ3n) is 10.6. The zero-order chi connectivity index (χ0) is 41.5.